The highest BCUT2D eigenvalue weighted by Gasteiger charge is 2.49. The van der Waals surface area contributed by atoms with Gasteiger partial charge >= 0.3 is 0 Å². The van der Waals surface area contributed by atoms with E-state index < -0.39 is 9.84 Å². The summed E-state index contributed by atoms with van der Waals surface area (Å²) in [5, 5.41) is 0.512. The summed E-state index contributed by atoms with van der Waals surface area (Å²) >= 11 is 3.64. The average molecular weight is 526 g/mol. The summed E-state index contributed by atoms with van der Waals surface area (Å²) in [5.41, 5.74) is 2.92. The Bertz CT molecular complexity index is 1070. The van der Waals surface area contributed by atoms with Crippen LogP contribution < -0.4 is 4.90 Å². The summed E-state index contributed by atoms with van der Waals surface area (Å²) in [6.45, 7) is 1.99. The molecule has 2 aliphatic rings. The molecule has 2 aromatic carbocycles. The molecule has 4 rings (SSSR count). The van der Waals surface area contributed by atoms with Crippen molar-refractivity contribution < 1.29 is 13.2 Å². The fourth-order valence-corrected chi connectivity index (χ4v) is 8.09. The number of benzene rings is 2. The van der Waals surface area contributed by atoms with E-state index in [1.165, 1.54) is 11.8 Å². The van der Waals surface area contributed by atoms with Crippen LogP contribution in [0.25, 0.3) is 0 Å². The second-order valence-electron chi connectivity index (χ2n) is 7.10. The summed E-state index contributed by atoms with van der Waals surface area (Å²) in [6.07, 6.45) is 0.236. The Kier molecular flexibility index (Phi) is 5.54. The Morgan fingerprint density at radius 1 is 1.21 bits per heavy atom. The van der Waals surface area contributed by atoms with Gasteiger partial charge in [0.2, 0.25) is 0 Å². The fraction of sp³-hybridized carbons (Fsp3) is 0.300. The minimum absolute atomic E-state index is 0.0895. The van der Waals surface area contributed by atoms with Crippen molar-refractivity contribution in [2.75, 3.05) is 16.4 Å². The molecule has 2 aromatic rings. The number of hydrogen-bond acceptors (Lipinski definition) is 4. The molecule has 2 fully saturated rings. The number of aliphatic imine (C=N–C) groups is 1. The van der Waals surface area contributed by atoms with Gasteiger partial charge in [-0.2, -0.15) is 4.99 Å². The number of nitrogens with zero attached hydrogens (tertiary/aromatic N) is 2. The van der Waals surface area contributed by atoms with Gasteiger partial charge in [0.15, 0.2) is 15.0 Å². The van der Waals surface area contributed by atoms with E-state index >= 15 is 0 Å². The topological polar surface area (TPSA) is 66.8 Å². The Hall–Kier alpha value is -1.39. The van der Waals surface area contributed by atoms with Gasteiger partial charge in [-0.3, -0.25) is 4.79 Å². The second-order valence-corrected chi connectivity index (χ2v) is 11.7. The third kappa shape index (κ3) is 4.28. The number of thioether (sulfide) groups is 1. The van der Waals surface area contributed by atoms with E-state index in [0.29, 0.717) is 5.17 Å². The lowest BCUT2D eigenvalue weighted by molar-refractivity contribution is -0.117. The molecular weight excluding hydrogens is 507 g/mol. The van der Waals surface area contributed by atoms with E-state index in [1.807, 2.05) is 60.4 Å². The molecule has 0 spiro atoms. The fourth-order valence-electron chi connectivity index (χ4n) is 3.64. The van der Waals surface area contributed by atoms with Crippen molar-refractivity contribution in [1.29, 1.82) is 0 Å². The van der Waals surface area contributed by atoms with Crippen molar-refractivity contribution in [3.05, 3.63) is 63.2 Å². The number of carbonyl (C=O) groups is 1. The van der Waals surface area contributed by atoms with Crippen LogP contribution >= 0.6 is 34.4 Å². The van der Waals surface area contributed by atoms with Gasteiger partial charge in [0.25, 0.3) is 5.91 Å². The second kappa shape index (κ2) is 7.79. The summed E-state index contributed by atoms with van der Waals surface area (Å²) in [5.74, 6) is 0.0151. The smallest absolute Gasteiger partial charge is 0.252 e. The molecule has 28 heavy (non-hydrogen) atoms. The number of sulfone groups is 1. The van der Waals surface area contributed by atoms with Crippen molar-refractivity contribution >= 4 is 61.0 Å². The molecular formula is C20H19IN2O3S2. The lowest BCUT2D eigenvalue weighted by Crippen LogP contribution is -2.37. The number of halogens is 1. The molecule has 2 aliphatic heterocycles. The molecule has 0 bridgehead atoms. The Balaban J connectivity index is 1.65. The molecule has 0 saturated carbocycles. The number of anilines is 1. The van der Waals surface area contributed by atoms with Gasteiger partial charge in [0.1, 0.15) is 0 Å². The Morgan fingerprint density at radius 2 is 2.00 bits per heavy atom. The maximum Gasteiger partial charge on any atom is 0.252 e. The molecule has 5 nitrogen and oxygen atoms in total. The monoisotopic (exact) mass is 526 g/mol. The first-order valence-corrected chi connectivity index (χ1v) is 12.7. The number of fused-ring (bicyclic) bond motifs is 1. The van der Waals surface area contributed by atoms with Crippen molar-refractivity contribution in [3.8, 4) is 0 Å². The van der Waals surface area contributed by atoms with Gasteiger partial charge in [0, 0.05) is 14.5 Å². The highest BCUT2D eigenvalue weighted by atomic mass is 127. The first-order valence-electron chi connectivity index (χ1n) is 8.90. The van der Waals surface area contributed by atoms with Gasteiger partial charge in [0.05, 0.1) is 24.0 Å². The van der Waals surface area contributed by atoms with Crippen LogP contribution in [0.3, 0.4) is 0 Å². The zero-order valence-corrected chi connectivity index (χ0v) is 19.0. The van der Waals surface area contributed by atoms with E-state index in [2.05, 4.69) is 27.6 Å². The van der Waals surface area contributed by atoms with Crippen molar-refractivity contribution in [2.45, 2.75) is 24.6 Å². The van der Waals surface area contributed by atoms with Crippen LogP contribution in [-0.2, 0) is 21.1 Å². The van der Waals surface area contributed by atoms with Gasteiger partial charge < -0.3 is 4.90 Å². The molecule has 146 valence electrons. The molecule has 2 heterocycles. The number of hydrogen-bond donors (Lipinski definition) is 0. The van der Waals surface area contributed by atoms with Crippen LogP contribution in [0.1, 0.15) is 11.1 Å². The predicted molar refractivity (Wildman–Crippen MR) is 123 cm³/mol. The maximum atomic E-state index is 12.6. The number of aryl methyl sites for hydroxylation is 1. The molecule has 0 N–H and O–H groups in total. The van der Waals surface area contributed by atoms with Crippen molar-refractivity contribution in [3.63, 3.8) is 0 Å². The van der Waals surface area contributed by atoms with E-state index in [1.54, 1.807) is 0 Å². The molecule has 0 aliphatic carbocycles. The first-order chi connectivity index (χ1) is 13.3. The van der Waals surface area contributed by atoms with Crippen LogP contribution in [0.5, 0.6) is 0 Å². The minimum atomic E-state index is -3.07. The predicted octanol–water partition coefficient (Wildman–Crippen LogP) is 3.44. The number of amides is 1. The molecule has 1 amide bonds. The van der Waals surface area contributed by atoms with Crippen LogP contribution in [0, 0.1) is 10.5 Å². The van der Waals surface area contributed by atoms with E-state index in [-0.39, 0.29) is 35.1 Å². The highest BCUT2D eigenvalue weighted by Crippen LogP contribution is 2.41. The Morgan fingerprint density at radius 3 is 2.75 bits per heavy atom. The Labute approximate surface area is 182 Å². The average Bonchev–Trinajstić information content (AvgIpc) is 3.05. The lowest BCUT2D eigenvalue weighted by Gasteiger charge is -2.24. The number of carbonyl (C=O) groups excluding carboxylic acids is 1. The lowest BCUT2D eigenvalue weighted by atomic mass is 10.1. The van der Waals surface area contributed by atoms with E-state index in [9.17, 15) is 13.2 Å². The normalized spacial score (nSPS) is 24.5. The van der Waals surface area contributed by atoms with Crippen molar-refractivity contribution in [2.24, 2.45) is 4.99 Å². The zero-order chi connectivity index (χ0) is 19.9. The SMILES string of the molecule is Cc1cccc(CC(=O)N=C2S[C@H]3CS(=O)(=O)C[C@H]3N2c2cccc(I)c2)c1. The largest absolute Gasteiger partial charge is 0.316 e. The van der Waals surface area contributed by atoms with E-state index in [4.69, 9.17) is 0 Å². The van der Waals surface area contributed by atoms with Gasteiger partial charge in [-0.25, -0.2) is 8.42 Å². The van der Waals surface area contributed by atoms with Gasteiger partial charge in [-0.1, -0.05) is 47.7 Å². The summed E-state index contributed by atoms with van der Waals surface area (Å²) in [7, 11) is -3.07. The number of rotatable bonds is 3. The van der Waals surface area contributed by atoms with E-state index in [0.717, 1.165) is 20.4 Å². The van der Waals surface area contributed by atoms with Crippen LogP contribution in [0.15, 0.2) is 53.5 Å². The van der Waals surface area contributed by atoms with Crippen molar-refractivity contribution in [1.82, 2.24) is 0 Å². The zero-order valence-electron chi connectivity index (χ0n) is 15.2. The molecule has 2 saturated heterocycles. The summed E-state index contributed by atoms with van der Waals surface area (Å²) in [6, 6.07) is 15.5. The molecule has 0 radical (unpaired) electrons. The van der Waals surface area contributed by atoms with Crippen LogP contribution in [0.2, 0.25) is 0 Å². The maximum absolute atomic E-state index is 12.6. The highest BCUT2D eigenvalue weighted by molar-refractivity contribution is 14.1. The summed E-state index contributed by atoms with van der Waals surface area (Å²) in [4.78, 5) is 19.0. The molecule has 8 heteroatoms. The quantitative estimate of drug-likeness (QED) is 0.574. The summed E-state index contributed by atoms with van der Waals surface area (Å²) < 4.78 is 25.3. The van der Waals surface area contributed by atoms with Crippen LogP contribution in [0.4, 0.5) is 5.69 Å². The first kappa shape index (κ1) is 19.9. The molecule has 0 unspecified atom stereocenters. The molecule has 2 atom stereocenters. The van der Waals surface area contributed by atoms with Gasteiger partial charge in [-0.15, -0.1) is 0 Å². The standard InChI is InChI=1S/C20H19IN2O3S2/c1-13-4-2-5-14(8-13)9-19(24)22-20-23(16-7-3-6-15(21)10-16)17-11-28(25,26)12-18(17)27-20/h2-8,10,17-18H,9,11-12H2,1H3/t17-,18+/m1/s1. The third-order valence-electron chi connectivity index (χ3n) is 4.81. The van der Waals surface area contributed by atoms with Gasteiger partial charge in [-0.05, 0) is 53.3 Å². The number of amidine groups is 1. The third-order valence-corrected chi connectivity index (χ3v) is 8.69. The van der Waals surface area contributed by atoms with Crippen LogP contribution in [-0.4, -0.2) is 42.3 Å². The minimum Gasteiger partial charge on any atom is -0.316 e. The molecule has 0 aromatic heterocycles.